The maximum Gasteiger partial charge on any atom is 0.293 e. The van der Waals surface area contributed by atoms with Crippen LogP contribution in [-0.4, -0.2) is 49.4 Å². The minimum atomic E-state index is -3.73. The van der Waals surface area contributed by atoms with Gasteiger partial charge in [0.15, 0.2) is 0 Å². The highest BCUT2D eigenvalue weighted by Gasteiger charge is 2.31. The number of hydrogen-bond acceptors (Lipinski definition) is 7. The quantitative estimate of drug-likeness (QED) is 0.485. The number of nitrogens with one attached hydrogen (secondary N) is 3. The van der Waals surface area contributed by atoms with Gasteiger partial charge in [0.25, 0.3) is 5.69 Å². The van der Waals surface area contributed by atoms with Crippen LogP contribution in [0.15, 0.2) is 23.1 Å². The van der Waals surface area contributed by atoms with E-state index in [4.69, 9.17) is 0 Å². The van der Waals surface area contributed by atoms with Crippen molar-refractivity contribution < 1.29 is 13.3 Å². The molecule has 9 nitrogen and oxygen atoms in total. The molecule has 0 bridgehead atoms. The Hall–Kier alpha value is -1.75. The molecule has 2 heterocycles. The Labute approximate surface area is 166 Å². The van der Waals surface area contributed by atoms with Gasteiger partial charge in [0, 0.05) is 43.7 Å². The molecule has 10 heteroatoms. The summed E-state index contributed by atoms with van der Waals surface area (Å²) in [6, 6.07) is 4.61. The second-order valence-corrected chi connectivity index (χ2v) is 9.60. The molecule has 156 valence electrons. The predicted octanol–water partition coefficient (Wildman–Crippen LogP) is 2.07. The van der Waals surface area contributed by atoms with Crippen LogP contribution in [0.3, 0.4) is 0 Å². The normalized spacial score (nSPS) is 26.7. The van der Waals surface area contributed by atoms with E-state index >= 15 is 0 Å². The smallest absolute Gasteiger partial charge is 0.293 e. The van der Waals surface area contributed by atoms with Gasteiger partial charge in [-0.15, -0.1) is 0 Å². The third kappa shape index (κ3) is 4.45. The Morgan fingerprint density at radius 3 is 2.32 bits per heavy atom. The van der Waals surface area contributed by atoms with Gasteiger partial charge in [0.1, 0.15) is 5.69 Å². The van der Waals surface area contributed by atoms with Crippen LogP contribution in [0.5, 0.6) is 0 Å². The molecule has 3 rings (SSSR count). The third-order valence-corrected chi connectivity index (χ3v) is 7.61. The highest BCUT2D eigenvalue weighted by atomic mass is 32.2. The van der Waals surface area contributed by atoms with Crippen LogP contribution in [0.2, 0.25) is 0 Å². The zero-order valence-corrected chi connectivity index (χ0v) is 17.2. The van der Waals surface area contributed by atoms with Crippen molar-refractivity contribution in [2.75, 3.05) is 25.0 Å². The third-order valence-electron chi connectivity index (χ3n) is 5.72. The molecule has 0 saturated carbocycles. The molecular weight excluding hydrogens is 382 g/mol. The lowest BCUT2D eigenvalue weighted by Crippen LogP contribution is -2.32. The summed E-state index contributed by atoms with van der Waals surface area (Å²) in [7, 11) is -3.73. The molecule has 1 aromatic carbocycles. The van der Waals surface area contributed by atoms with Crippen LogP contribution >= 0.6 is 0 Å². The van der Waals surface area contributed by atoms with Crippen molar-refractivity contribution >= 4 is 21.4 Å². The number of benzene rings is 1. The summed E-state index contributed by atoms with van der Waals surface area (Å²) in [4.78, 5) is 11.0. The molecule has 0 amide bonds. The lowest BCUT2D eigenvalue weighted by atomic mass is 9.96. The van der Waals surface area contributed by atoms with E-state index in [1.165, 1.54) is 22.5 Å². The second-order valence-electron chi connectivity index (χ2n) is 7.67. The average molecular weight is 412 g/mol. The van der Waals surface area contributed by atoms with E-state index in [-0.39, 0.29) is 28.6 Å². The minimum absolute atomic E-state index is 0.0161. The van der Waals surface area contributed by atoms with Crippen molar-refractivity contribution in [1.82, 2.24) is 15.2 Å². The van der Waals surface area contributed by atoms with Gasteiger partial charge in [-0.25, -0.2) is 8.42 Å². The molecule has 2 fully saturated rings. The Morgan fingerprint density at radius 1 is 1.14 bits per heavy atom. The second kappa shape index (κ2) is 8.73. The fourth-order valence-electron chi connectivity index (χ4n) is 3.89. The highest BCUT2D eigenvalue weighted by molar-refractivity contribution is 7.89. The molecule has 2 aliphatic heterocycles. The first-order chi connectivity index (χ1) is 13.3. The molecular formula is C18H29N5O4S. The first kappa shape index (κ1) is 21.0. The zero-order chi connectivity index (χ0) is 20.3. The van der Waals surface area contributed by atoms with E-state index < -0.39 is 14.9 Å². The number of nitro benzene ring substituents is 1. The molecule has 0 aromatic heterocycles. The van der Waals surface area contributed by atoms with Gasteiger partial charge in [-0.1, -0.05) is 12.8 Å². The number of rotatable bonds is 6. The van der Waals surface area contributed by atoms with Gasteiger partial charge in [-0.05, 0) is 38.8 Å². The summed E-state index contributed by atoms with van der Waals surface area (Å²) in [6.07, 6.45) is 3.66. The maximum atomic E-state index is 12.9. The fourth-order valence-corrected chi connectivity index (χ4v) is 5.43. The van der Waals surface area contributed by atoms with E-state index in [2.05, 4.69) is 16.2 Å². The van der Waals surface area contributed by atoms with Crippen molar-refractivity contribution in [3.8, 4) is 0 Å². The van der Waals surface area contributed by atoms with Crippen molar-refractivity contribution in [2.24, 2.45) is 5.92 Å². The number of sulfonamides is 1. The van der Waals surface area contributed by atoms with E-state index in [0.717, 1.165) is 25.7 Å². The summed E-state index contributed by atoms with van der Waals surface area (Å²) in [5.74, 6) is 0.250. The minimum Gasteiger partial charge on any atom is -0.379 e. The van der Waals surface area contributed by atoms with E-state index in [1.54, 1.807) is 0 Å². The number of hydrogen-bond donors (Lipinski definition) is 3. The summed E-state index contributed by atoms with van der Waals surface area (Å²) >= 11 is 0. The van der Waals surface area contributed by atoms with Gasteiger partial charge in [0.05, 0.1) is 9.82 Å². The van der Waals surface area contributed by atoms with Crippen LogP contribution in [0, 0.1) is 16.0 Å². The number of hydrazine groups is 1. The maximum absolute atomic E-state index is 12.9. The number of anilines is 1. The Balaban J connectivity index is 1.81. The molecule has 3 N–H and O–H groups in total. The molecule has 28 heavy (non-hydrogen) atoms. The van der Waals surface area contributed by atoms with Crippen LogP contribution in [0.4, 0.5) is 11.4 Å². The molecule has 2 saturated heterocycles. The molecule has 1 aromatic rings. The van der Waals surface area contributed by atoms with Crippen molar-refractivity contribution in [3.05, 3.63) is 28.3 Å². The van der Waals surface area contributed by atoms with Crippen molar-refractivity contribution in [1.29, 1.82) is 0 Å². The average Bonchev–Trinajstić information content (AvgIpc) is 2.87. The van der Waals surface area contributed by atoms with E-state index in [1.807, 2.05) is 13.8 Å². The van der Waals surface area contributed by atoms with Gasteiger partial charge in [-0.3, -0.25) is 21.0 Å². The molecule has 2 atom stereocenters. The van der Waals surface area contributed by atoms with Crippen molar-refractivity contribution in [2.45, 2.75) is 56.5 Å². The van der Waals surface area contributed by atoms with Crippen LogP contribution in [0.1, 0.15) is 39.5 Å². The highest BCUT2D eigenvalue weighted by Crippen LogP contribution is 2.30. The molecule has 0 aliphatic carbocycles. The van der Waals surface area contributed by atoms with Crippen molar-refractivity contribution in [3.63, 3.8) is 0 Å². The molecule has 0 spiro atoms. The van der Waals surface area contributed by atoms with Crippen LogP contribution < -0.4 is 16.2 Å². The summed E-state index contributed by atoms with van der Waals surface area (Å²) in [6.45, 7) is 5.57. The van der Waals surface area contributed by atoms with Gasteiger partial charge in [0.2, 0.25) is 10.0 Å². The largest absolute Gasteiger partial charge is 0.379 e. The van der Waals surface area contributed by atoms with E-state index in [0.29, 0.717) is 25.3 Å². The van der Waals surface area contributed by atoms with Gasteiger partial charge < -0.3 is 5.32 Å². The first-order valence-electron chi connectivity index (χ1n) is 9.84. The summed E-state index contributed by atoms with van der Waals surface area (Å²) in [5, 5.41) is 14.7. The standard InChI is InChI=1S/C18H29N5O4S/c1-13-16(14(2)21-20-13)12-19-17-8-7-15(11-18(17)23(24)25)28(26,27)22-9-5-3-4-6-10-22/h7-8,11,13-14,16,19-21H,3-6,9-10,12H2,1-2H3. The Bertz CT molecular complexity index is 798. The van der Waals surface area contributed by atoms with Gasteiger partial charge in [-0.2, -0.15) is 4.31 Å². The molecule has 2 unspecified atom stereocenters. The van der Waals surface area contributed by atoms with Crippen LogP contribution in [0.25, 0.3) is 0 Å². The summed E-state index contributed by atoms with van der Waals surface area (Å²) < 4.78 is 27.3. The number of nitro groups is 1. The zero-order valence-electron chi connectivity index (χ0n) is 16.3. The topological polar surface area (TPSA) is 117 Å². The predicted molar refractivity (Wildman–Crippen MR) is 107 cm³/mol. The summed E-state index contributed by atoms with van der Waals surface area (Å²) in [5.41, 5.74) is 6.44. The Kier molecular flexibility index (Phi) is 6.54. The first-order valence-corrected chi connectivity index (χ1v) is 11.3. The van der Waals surface area contributed by atoms with Crippen LogP contribution in [-0.2, 0) is 10.0 Å². The number of nitrogens with zero attached hydrogens (tertiary/aromatic N) is 2. The lowest BCUT2D eigenvalue weighted by molar-refractivity contribution is -0.384. The molecule has 0 radical (unpaired) electrons. The van der Waals surface area contributed by atoms with Gasteiger partial charge >= 0.3 is 0 Å². The fraction of sp³-hybridized carbons (Fsp3) is 0.667. The lowest BCUT2D eigenvalue weighted by Gasteiger charge is -2.21. The Morgan fingerprint density at radius 2 is 1.75 bits per heavy atom. The molecule has 2 aliphatic rings. The van der Waals surface area contributed by atoms with E-state index in [9.17, 15) is 18.5 Å². The monoisotopic (exact) mass is 411 g/mol. The SMILES string of the molecule is CC1NNC(C)C1CNc1ccc(S(=O)(=O)N2CCCCCC2)cc1[N+](=O)[O-].